The summed E-state index contributed by atoms with van der Waals surface area (Å²) < 4.78 is 2.46. The maximum absolute atomic E-state index is 14.4. The van der Waals surface area contributed by atoms with Crippen molar-refractivity contribution in [2.75, 3.05) is 20.6 Å². The van der Waals surface area contributed by atoms with Crippen molar-refractivity contribution in [3.63, 3.8) is 0 Å². The minimum Gasteiger partial charge on any atom is -0.393 e. The Morgan fingerprint density at radius 3 is 2.31 bits per heavy atom. The lowest BCUT2D eigenvalue weighted by molar-refractivity contribution is -0.227. The van der Waals surface area contributed by atoms with Crippen LogP contribution in [0.3, 0.4) is 0 Å². The van der Waals surface area contributed by atoms with Gasteiger partial charge in [0, 0.05) is 24.5 Å². The molecule has 7 rings (SSSR count). The van der Waals surface area contributed by atoms with Gasteiger partial charge in [0.05, 0.1) is 23.4 Å². The molecule has 0 aliphatic heterocycles. The molecule has 2 aromatic rings. The number of carbonyl (C=O) groups is 1. The third kappa shape index (κ3) is 4.68. The number of nitrogens with zero attached hydrogens (tertiary/aromatic N) is 3. The van der Waals surface area contributed by atoms with Crippen molar-refractivity contribution >= 4 is 17.4 Å². The van der Waals surface area contributed by atoms with Crippen molar-refractivity contribution < 1.29 is 9.90 Å². The average Bonchev–Trinajstić information content (AvgIpc) is 3.58. The summed E-state index contributed by atoms with van der Waals surface area (Å²) in [4.78, 5) is 22.0. The maximum atomic E-state index is 14.4. The number of Topliss-reactive ketones (excluding diaryl/α,β-unsaturated/α-hetero) is 1. The molecule has 5 nitrogen and oxygen atoms in total. The molecule has 0 bridgehead atoms. The number of imidazole rings is 1. The molecule has 262 valence electrons. The van der Waals surface area contributed by atoms with Gasteiger partial charge in [0.25, 0.3) is 0 Å². The van der Waals surface area contributed by atoms with Crippen LogP contribution in [0.15, 0.2) is 41.6 Å². The van der Waals surface area contributed by atoms with Crippen LogP contribution in [0, 0.1) is 45.3 Å². The van der Waals surface area contributed by atoms with Crippen LogP contribution in [0.1, 0.15) is 112 Å². The molecular formula is C42H60ClN3O2. The van der Waals surface area contributed by atoms with Crippen LogP contribution in [0.5, 0.6) is 0 Å². The van der Waals surface area contributed by atoms with Crippen molar-refractivity contribution in [1.29, 1.82) is 0 Å². The Kier molecular flexibility index (Phi) is 8.29. The first-order valence-electron chi connectivity index (χ1n) is 18.9. The van der Waals surface area contributed by atoms with Crippen molar-refractivity contribution in [2.45, 2.75) is 124 Å². The summed E-state index contributed by atoms with van der Waals surface area (Å²) in [6.07, 6.45) is 11.3. The number of aliphatic hydroxyl groups excluding tert-OH is 1. The van der Waals surface area contributed by atoms with E-state index in [0.29, 0.717) is 30.0 Å². The highest BCUT2D eigenvalue weighted by molar-refractivity contribution is 6.30. The van der Waals surface area contributed by atoms with Gasteiger partial charge >= 0.3 is 0 Å². The normalized spacial score (nSPS) is 39.0. The number of rotatable bonds is 6. The summed E-state index contributed by atoms with van der Waals surface area (Å²) in [7, 11) is 4.26. The van der Waals surface area contributed by atoms with Crippen LogP contribution in [-0.2, 0) is 16.8 Å². The summed E-state index contributed by atoms with van der Waals surface area (Å²) in [5.74, 6) is 3.19. The van der Waals surface area contributed by atoms with E-state index >= 15 is 0 Å². The van der Waals surface area contributed by atoms with Gasteiger partial charge in [0.15, 0.2) is 5.78 Å². The van der Waals surface area contributed by atoms with Crippen molar-refractivity contribution in [2.24, 2.45) is 45.3 Å². The molecule has 0 saturated heterocycles. The number of hydrogen-bond donors (Lipinski definition) is 1. The average molecular weight is 674 g/mol. The zero-order valence-electron chi connectivity index (χ0n) is 31.1. The molecule has 48 heavy (non-hydrogen) atoms. The molecule has 4 saturated carbocycles. The standard InChI is InChI=1S/C42H60ClN3O2/c1-26(2)35-31(47)24-42(37-44-25-30(46(37)23-22-45(8)9)27-10-12-28(43)13-11-27)21-20-40(6)29(36(35)42)14-15-33-39(5)18-17-34(48)38(3,4)32(39)16-19-41(33,40)7/h10-13,25-26,29,32-34,48H,14-24H2,1-9H3/t29-,32+,33-,34+,39+,40-,41-,42-/m1/s1. The third-order valence-corrected chi connectivity index (χ3v) is 15.9. The summed E-state index contributed by atoms with van der Waals surface area (Å²) in [5.41, 5.74) is 4.91. The van der Waals surface area contributed by atoms with Gasteiger partial charge in [-0.25, -0.2) is 4.98 Å². The second-order valence-corrected chi connectivity index (χ2v) is 19.0. The second kappa shape index (κ2) is 11.5. The lowest BCUT2D eigenvalue weighted by Crippen LogP contribution is -2.65. The molecule has 1 heterocycles. The smallest absolute Gasteiger partial charge is 0.160 e. The van der Waals surface area contributed by atoms with Crippen molar-refractivity contribution in [1.82, 2.24) is 14.5 Å². The van der Waals surface area contributed by atoms with E-state index in [9.17, 15) is 9.90 Å². The molecule has 1 aromatic heterocycles. The van der Waals surface area contributed by atoms with Crippen LogP contribution in [0.2, 0.25) is 5.02 Å². The summed E-state index contributed by atoms with van der Waals surface area (Å²) in [6.45, 7) is 18.8. The van der Waals surface area contributed by atoms with Crippen LogP contribution < -0.4 is 0 Å². The quantitative estimate of drug-likeness (QED) is 0.332. The van der Waals surface area contributed by atoms with E-state index in [4.69, 9.17) is 16.6 Å². The van der Waals surface area contributed by atoms with Gasteiger partial charge in [0.2, 0.25) is 0 Å². The largest absolute Gasteiger partial charge is 0.393 e. The van der Waals surface area contributed by atoms with Gasteiger partial charge in [-0.3, -0.25) is 4.79 Å². The highest BCUT2D eigenvalue weighted by Gasteiger charge is 2.70. The fourth-order valence-electron chi connectivity index (χ4n) is 13.0. The van der Waals surface area contributed by atoms with E-state index in [1.165, 1.54) is 24.8 Å². The number of ketones is 1. The molecule has 0 unspecified atom stereocenters. The molecule has 0 amide bonds. The monoisotopic (exact) mass is 673 g/mol. The Morgan fingerprint density at radius 1 is 0.938 bits per heavy atom. The second-order valence-electron chi connectivity index (χ2n) is 18.6. The lowest BCUT2D eigenvalue weighted by atomic mass is 9.33. The Hall–Kier alpha value is -1.95. The zero-order chi connectivity index (χ0) is 34.6. The van der Waals surface area contributed by atoms with Crippen LogP contribution in [0.4, 0.5) is 0 Å². The number of benzene rings is 1. The van der Waals surface area contributed by atoms with Gasteiger partial charge in [-0.1, -0.05) is 72.2 Å². The van der Waals surface area contributed by atoms with Gasteiger partial charge in [-0.2, -0.15) is 0 Å². The van der Waals surface area contributed by atoms with Crippen molar-refractivity contribution in [3.05, 3.63) is 52.5 Å². The SMILES string of the molecule is CC(C)C1=C2[C@H]3CC[C@@H]4[C@@]5(C)CC[C@H](O)C(C)(C)[C@@H]5CC[C@@]4(C)[C@]3(C)CC[C@@]2(c2ncc(-c3ccc(Cl)cc3)n2CCN(C)C)CC1=O. The molecule has 5 aliphatic carbocycles. The molecule has 1 aromatic carbocycles. The predicted molar refractivity (Wildman–Crippen MR) is 196 cm³/mol. The van der Waals surface area contributed by atoms with E-state index < -0.39 is 0 Å². The minimum absolute atomic E-state index is 0.0511. The first kappa shape index (κ1) is 34.5. The Bertz CT molecular complexity index is 1620. The fraction of sp³-hybridized carbons (Fsp3) is 0.714. The fourth-order valence-corrected chi connectivity index (χ4v) is 13.1. The molecule has 6 heteroatoms. The number of likely N-dealkylation sites (N-methyl/N-ethyl adjacent to an activating group) is 1. The van der Waals surface area contributed by atoms with Gasteiger partial charge in [0.1, 0.15) is 5.82 Å². The summed E-state index contributed by atoms with van der Waals surface area (Å²) in [6, 6.07) is 8.14. The molecular weight excluding hydrogens is 614 g/mol. The van der Waals surface area contributed by atoms with Gasteiger partial charge < -0.3 is 14.6 Å². The molecule has 4 fully saturated rings. The van der Waals surface area contributed by atoms with E-state index in [2.05, 4.69) is 90.4 Å². The van der Waals surface area contributed by atoms with Crippen molar-refractivity contribution in [3.8, 4) is 11.3 Å². The Morgan fingerprint density at radius 2 is 1.65 bits per heavy atom. The first-order valence-corrected chi connectivity index (χ1v) is 19.3. The number of aromatic nitrogens is 2. The Labute approximate surface area is 294 Å². The molecule has 5 aliphatic rings. The van der Waals surface area contributed by atoms with Crippen LogP contribution >= 0.6 is 11.6 Å². The lowest BCUT2D eigenvalue weighted by Gasteiger charge is -2.72. The molecule has 8 atom stereocenters. The highest BCUT2D eigenvalue weighted by atomic mass is 35.5. The third-order valence-electron chi connectivity index (χ3n) is 15.6. The molecule has 1 N–H and O–H groups in total. The van der Waals surface area contributed by atoms with E-state index in [0.717, 1.165) is 72.9 Å². The minimum atomic E-state index is -0.362. The Balaban J connectivity index is 1.36. The summed E-state index contributed by atoms with van der Waals surface area (Å²) in [5, 5.41) is 11.9. The number of hydrogen-bond acceptors (Lipinski definition) is 4. The zero-order valence-corrected chi connectivity index (χ0v) is 31.9. The van der Waals surface area contributed by atoms with Gasteiger partial charge in [-0.05, 0) is 140 Å². The molecule has 0 radical (unpaired) electrons. The van der Waals surface area contributed by atoms with E-state index in [-0.39, 0.29) is 39.1 Å². The number of allylic oxidation sites excluding steroid dienone is 2. The number of halogens is 1. The molecule has 0 spiro atoms. The predicted octanol–water partition coefficient (Wildman–Crippen LogP) is 9.36. The van der Waals surface area contributed by atoms with Crippen LogP contribution in [0.25, 0.3) is 11.3 Å². The van der Waals surface area contributed by atoms with E-state index in [1.807, 2.05) is 12.1 Å². The first-order chi connectivity index (χ1) is 22.5. The number of fused-ring (bicyclic) bond motifs is 7. The maximum Gasteiger partial charge on any atom is 0.160 e. The number of carbonyl (C=O) groups excluding carboxylic acids is 1. The number of aliphatic hydroxyl groups is 1. The summed E-state index contributed by atoms with van der Waals surface area (Å²) >= 11 is 6.32. The topological polar surface area (TPSA) is 58.4 Å². The van der Waals surface area contributed by atoms with Crippen LogP contribution in [-0.4, -0.2) is 52.1 Å². The van der Waals surface area contributed by atoms with E-state index in [1.54, 1.807) is 0 Å². The van der Waals surface area contributed by atoms with Gasteiger partial charge in [-0.15, -0.1) is 0 Å². The highest BCUT2D eigenvalue weighted by Crippen LogP contribution is 2.76.